The van der Waals surface area contributed by atoms with Crippen LogP contribution in [0.25, 0.3) is 0 Å². The van der Waals surface area contributed by atoms with Crippen LogP contribution in [0, 0.1) is 6.92 Å². The zero-order valence-electron chi connectivity index (χ0n) is 9.68. The van der Waals surface area contributed by atoms with Gasteiger partial charge in [-0.1, -0.05) is 20.8 Å². The summed E-state index contributed by atoms with van der Waals surface area (Å²) in [6.45, 7) is 13.5. The van der Waals surface area contributed by atoms with Gasteiger partial charge in [0.2, 0.25) is 0 Å². The van der Waals surface area contributed by atoms with Gasteiger partial charge in [-0.15, -0.1) is 0 Å². The van der Waals surface area contributed by atoms with Gasteiger partial charge in [0.15, 0.2) is 0 Å². The summed E-state index contributed by atoms with van der Waals surface area (Å²) in [6, 6.07) is 2.77. The Morgan fingerprint density at radius 3 is 2.08 bits per heavy atom. The van der Waals surface area contributed by atoms with Gasteiger partial charge in [0.1, 0.15) is 0 Å². The maximum atomic E-state index is 2.37. The summed E-state index contributed by atoms with van der Waals surface area (Å²) in [5.41, 5.74) is 3.11. The maximum absolute atomic E-state index is 2.37. The van der Waals surface area contributed by atoms with Crippen LogP contribution in [0.3, 0.4) is 0 Å². The summed E-state index contributed by atoms with van der Waals surface area (Å²) in [6.07, 6.45) is 2.20. The van der Waals surface area contributed by atoms with Crippen LogP contribution in [0.15, 0.2) is 12.3 Å². The topological polar surface area (TPSA) is 4.93 Å². The van der Waals surface area contributed by atoms with Gasteiger partial charge in [0.25, 0.3) is 0 Å². The highest BCUT2D eigenvalue weighted by atomic mass is 15.0. The highest BCUT2D eigenvalue weighted by molar-refractivity contribution is 5.27. The molecular formula is C12H21N. The fourth-order valence-electron chi connectivity index (χ4n) is 1.96. The quantitative estimate of drug-likeness (QED) is 0.620. The monoisotopic (exact) mass is 179 g/mol. The molecule has 0 aliphatic heterocycles. The standard InChI is InChI=1S/C12H21N/c1-9(2)13-8-7-10(3)11(13)12(4,5)6/h7-9H,1-6H3. The Hall–Kier alpha value is -0.720. The Morgan fingerprint density at radius 2 is 1.77 bits per heavy atom. The van der Waals surface area contributed by atoms with E-state index in [1.165, 1.54) is 11.3 Å². The number of nitrogens with zero attached hydrogens (tertiary/aromatic N) is 1. The molecule has 1 aromatic heterocycles. The predicted molar refractivity (Wildman–Crippen MR) is 58.3 cm³/mol. The minimum Gasteiger partial charge on any atom is -0.348 e. The largest absolute Gasteiger partial charge is 0.348 e. The molecule has 0 aliphatic carbocycles. The van der Waals surface area contributed by atoms with E-state index >= 15 is 0 Å². The van der Waals surface area contributed by atoms with Gasteiger partial charge in [0.05, 0.1) is 0 Å². The van der Waals surface area contributed by atoms with Crippen molar-refractivity contribution in [1.29, 1.82) is 0 Å². The average Bonchev–Trinajstić information content (AvgIpc) is 2.28. The molecule has 0 aromatic carbocycles. The normalized spacial score (nSPS) is 12.5. The lowest BCUT2D eigenvalue weighted by molar-refractivity contribution is 0.482. The van der Waals surface area contributed by atoms with Crippen molar-refractivity contribution in [1.82, 2.24) is 4.57 Å². The molecule has 0 fully saturated rings. The Balaban J connectivity index is 3.25. The molecule has 1 aromatic rings. The SMILES string of the molecule is Cc1ccn(C(C)C)c1C(C)(C)C. The second-order valence-corrected chi connectivity index (χ2v) is 5.10. The van der Waals surface area contributed by atoms with Gasteiger partial charge in [-0.05, 0) is 32.4 Å². The summed E-state index contributed by atoms with van der Waals surface area (Å²) in [4.78, 5) is 0. The van der Waals surface area contributed by atoms with Gasteiger partial charge in [-0.2, -0.15) is 0 Å². The number of rotatable bonds is 1. The summed E-state index contributed by atoms with van der Waals surface area (Å²) in [5, 5.41) is 0. The minimum absolute atomic E-state index is 0.248. The van der Waals surface area contributed by atoms with E-state index in [9.17, 15) is 0 Å². The minimum atomic E-state index is 0.248. The Bertz CT molecular complexity index is 287. The van der Waals surface area contributed by atoms with Gasteiger partial charge in [0, 0.05) is 23.3 Å². The van der Waals surface area contributed by atoms with Crippen LogP contribution >= 0.6 is 0 Å². The van der Waals surface area contributed by atoms with Gasteiger partial charge in [-0.3, -0.25) is 0 Å². The maximum Gasteiger partial charge on any atom is 0.0277 e. The van der Waals surface area contributed by atoms with Crippen molar-refractivity contribution in [2.75, 3.05) is 0 Å². The molecule has 0 saturated heterocycles. The molecule has 0 spiro atoms. The lowest BCUT2D eigenvalue weighted by Gasteiger charge is -2.25. The van der Waals surface area contributed by atoms with E-state index in [4.69, 9.17) is 0 Å². The van der Waals surface area contributed by atoms with E-state index in [1.807, 2.05) is 0 Å². The number of aromatic nitrogens is 1. The van der Waals surface area contributed by atoms with Crippen LogP contribution < -0.4 is 0 Å². The van der Waals surface area contributed by atoms with Crippen molar-refractivity contribution in [2.24, 2.45) is 0 Å². The van der Waals surface area contributed by atoms with E-state index in [0.717, 1.165) is 0 Å². The van der Waals surface area contributed by atoms with Gasteiger partial charge >= 0.3 is 0 Å². The second kappa shape index (κ2) is 3.21. The van der Waals surface area contributed by atoms with Crippen molar-refractivity contribution in [2.45, 2.75) is 53.0 Å². The van der Waals surface area contributed by atoms with Crippen molar-refractivity contribution >= 4 is 0 Å². The smallest absolute Gasteiger partial charge is 0.0277 e. The molecule has 0 unspecified atom stereocenters. The van der Waals surface area contributed by atoms with E-state index in [2.05, 4.69) is 58.4 Å². The van der Waals surface area contributed by atoms with Crippen molar-refractivity contribution in [3.63, 3.8) is 0 Å². The molecule has 74 valence electrons. The fourth-order valence-corrected chi connectivity index (χ4v) is 1.96. The third-order valence-corrected chi connectivity index (χ3v) is 2.38. The Labute approximate surface area is 81.8 Å². The van der Waals surface area contributed by atoms with Crippen LogP contribution in [0.1, 0.15) is 51.9 Å². The van der Waals surface area contributed by atoms with Gasteiger partial charge in [-0.25, -0.2) is 0 Å². The average molecular weight is 179 g/mol. The summed E-state index contributed by atoms with van der Waals surface area (Å²) < 4.78 is 2.37. The molecule has 0 atom stereocenters. The molecule has 1 heteroatoms. The molecular weight excluding hydrogens is 158 g/mol. The van der Waals surface area contributed by atoms with E-state index in [-0.39, 0.29) is 5.41 Å². The lowest BCUT2D eigenvalue weighted by Crippen LogP contribution is -2.19. The van der Waals surface area contributed by atoms with Crippen LogP contribution in [0.4, 0.5) is 0 Å². The van der Waals surface area contributed by atoms with Crippen LogP contribution in [-0.4, -0.2) is 4.57 Å². The lowest BCUT2D eigenvalue weighted by atomic mass is 9.89. The molecule has 0 radical (unpaired) electrons. The molecule has 0 aliphatic rings. The molecule has 0 N–H and O–H groups in total. The van der Waals surface area contributed by atoms with E-state index in [0.29, 0.717) is 6.04 Å². The summed E-state index contributed by atoms with van der Waals surface area (Å²) in [5.74, 6) is 0. The Morgan fingerprint density at radius 1 is 1.23 bits per heavy atom. The molecule has 1 heterocycles. The number of aryl methyl sites for hydroxylation is 1. The van der Waals surface area contributed by atoms with Crippen LogP contribution in [0.5, 0.6) is 0 Å². The first-order chi connectivity index (χ1) is 5.84. The highest BCUT2D eigenvalue weighted by Gasteiger charge is 2.21. The molecule has 13 heavy (non-hydrogen) atoms. The van der Waals surface area contributed by atoms with Gasteiger partial charge < -0.3 is 4.57 Å². The molecule has 0 bridgehead atoms. The van der Waals surface area contributed by atoms with E-state index < -0.39 is 0 Å². The molecule has 1 nitrogen and oxygen atoms in total. The highest BCUT2D eigenvalue weighted by Crippen LogP contribution is 2.28. The van der Waals surface area contributed by atoms with Crippen molar-refractivity contribution in [3.8, 4) is 0 Å². The molecule has 0 saturated carbocycles. The number of hydrogen-bond donors (Lipinski definition) is 0. The zero-order valence-corrected chi connectivity index (χ0v) is 9.68. The van der Waals surface area contributed by atoms with E-state index in [1.54, 1.807) is 0 Å². The zero-order chi connectivity index (χ0) is 10.2. The molecule has 1 rings (SSSR count). The summed E-state index contributed by atoms with van der Waals surface area (Å²) >= 11 is 0. The third kappa shape index (κ3) is 1.96. The second-order valence-electron chi connectivity index (χ2n) is 5.10. The molecule has 0 amide bonds. The first kappa shape index (κ1) is 10.4. The fraction of sp³-hybridized carbons (Fsp3) is 0.667. The third-order valence-electron chi connectivity index (χ3n) is 2.38. The predicted octanol–water partition coefficient (Wildman–Crippen LogP) is 3.67. The van der Waals surface area contributed by atoms with Crippen molar-refractivity contribution < 1.29 is 0 Å². The van der Waals surface area contributed by atoms with Crippen molar-refractivity contribution in [3.05, 3.63) is 23.5 Å². The summed E-state index contributed by atoms with van der Waals surface area (Å²) in [7, 11) is 0. The van der Waals surface area contributed by atoms with Crippen LogP contribution in [-0.2, 0) is 5.41 Å². The first-order valence-electron chi connectivity index (χ1n) is 5.02. The number of hydrogen-bond acceptors (Lipinski definition) is 0. The van der Waals surface area contributed by atoms with Crippen LogP contribution in [0.2, 0.25) is 0 Å². The Kier molecular flexibility index (Phi) is 2.56. The first-order valence-corrected chi connectivity index (χ1v) is 5.02.